The summed E-state index contributed by atoms with van der Waals surface area (Å²) in [6.07, 6.45) is 2.32. The van der Waals surface area contributed by atoms with Gasteiger partial charge in [-0.2, -0.15) is 0 Å². The highest BCUT2D eigenvalue weighted by molar-refractivity contribution is 5.95. The van der Waals surface area contributed by atoms with E-state index in [0.29, 0.717) is 32.6 Å². The number of pyridine rings is 1. The summed E-state index contributed by atoms with van der Waals surface area (Å²) in [6, 6.07) is 1.35. The molecule has 0 bridgehead atoms. The molecule has 9 nitrogen and oxygen atoms in total. The molecular weight excluding hydrogens is 330 g/mol. The van der Waals surface area contributed by atoms with Crippen molar-refractivity contribution in [3.05, 3.63) is 28.7 Å². The molecule has 1 heterocycles. The van der Waals surface area contributed by atoms with Gasteiger partial charge in [0.25, 0.3) is 5.91 Å². The second-order valence-corrected chi connectivity index (χ2v) is 5.22. The minimum Gasteiger partial charge on any atom is -0.626 e. The van der Waals surface area contributed by atoms with Crippen LogP contribution in [0.4, 0.5) is 0 Å². The zero-order valence-corrected chi connectivity index (χ0v) is 14.8. The van der Waals surface area contributed by atoms with Crippen molar-refractivity contribution < 1.29 is 28.9 Å². The molecular formula is C16H25N3O6. The van der Waals surface area contributed by atoms with Crippen LogP contribution in [0.5, 0.6) is 5.75 Å². The largest absolute Gasteiger partial charge is 0.626 e. The summed E-state index contributed by atoms with van der Waals surface area (Å²) in [6.45, 7) is 1.46. The van der Waals surface area contributed by atoms with Gasteiger partial charge in [0.2, 0.25) is 0 Å². The van der Waals surface area contributed by atoms with E-state index in [4.69, 9.17) is 14.2 Å². The predicted molar refractivity (Wildman–Crippen MR) is 89.6 cm³/mol. The van der Waals surface area contributed by atoms with Crippen molar-refractivity contribution in [3.8, 4) is 5.75 Å². The number of aromatic nitrogens is 1. The lowest BCUT2D eigenvalue weighted by Crippen LogP contribution is -3.10. The fourth-order valence-electron chi connectivity index (χ4n) is 2.05. The smallest absolute Gasteiger partial charge is 0.349 e. The van der Waals surface area contributed by atoms with Gasteiger partial charge in [-0.25, -0.2) is 9.78 Å². The molecule has 2 amide bonds. The van der Waals surface area contributed by atoms with Crippen LogP contribution in [0.25, 0.3) is 0 Å². The number of rotatable bonds is 11. The molecule has 1 rings (SSSR count). The summed E-state index contributed by atoms with van der Waals surface area (Å²) >= 11 is 0. The number of nitrogens with one attached hydrogen (secondary N) is 2. The average molecular weight is 355 g/mol. The molecule has 2 N–H and O–H groups in total. The lowest BCUT2D eigenvalue weighted by molar-refractivity contribution is -0.758. The van der Waals surface area contributed by atoms with E-state index in [1.54, 1.807) is 7.11 Å². The molecule has 0 saturated carbocycles. The van der Waals surface area contributed by atoms with E-state index in [-0.39, 0.29) is 29.5 Å². The molecule has 140 valence electrons. The van der Waals surface area contributed by atoms with E-state index in [0.717, 1.165) is 0 Å². The van der Waals surface area contributed by atoms with Gasteiger partial charge in [0.15, 0.2) is 0 Å². The fraction of sp³-hybridized carbons (Fsp3) is 0.562. The summed E-state index contributed by atoms with van der Waals surface area (Å²) in [5, 5.41) is 14.1. The Labute approximate surface area is 146 Å². The summed E-state index contributed by atoms with van der Waals surface area (Å²) in [7, 11) is 4.47. The Balaban J connectivity index is 2.76. The Morgan fingerprint density at radius 2 is 1.88 bits per heavy atom. The quantitative estimate of drug-likeness (QED) is 0.403. The summed E-state index contributed by atoms with van der Waals surface area (Å²) in [5.74, 6) is -0.936. The molecule has 25 heavy (non-hydrogen) atoms. The van der Waals surface area contributed by atoms with Crippen LogP contribution < -0.4 is 15.1 Å². The minimum absolute atomic E-state index is 0.0425. The molecule has 0 fully saturated rings. The monoisotopic (exact) mass is 355 g/mol. The van der Waals surface area contributed by atoms with E-state index in [1.165, 1.54) is 26.5 Å². The number of hydrogen-bond donors (Lipinski definition) is 2. The maximum atomic E-state index is 12.2. The third-order valence-corrected chi connectivity index (χ3v) is 3.38. The highest BCUT2D eigenvalue weighted by Crippen LogP contribution is 2.17. The Morgan fingerprint density at radius 1 is 1.20 bits per heavy atom. The number of amides is 2. The van der Waals surface area contributed by atoms with Gasteiger partial charge in [-0.15, -0.1) is 0 Å². The minimum atomic E-state index is -0.687. The van der Waals surface area contributed by atoms with E-state index in [1.807, 2.05) is 0 Å². The van der Waals surface area contributed by atoms with Gasteiger partial charge >= 0.3 is 5.91 Å². The highest BCUT2D eigenvalue weighted by atomic mass is 16.5. The topological polar surface area (TPSA) is 114 Å². The maximum Gasteiger partial charge on any atom is 0.349 e. The van der Waals surface area contributed by atoms with Crippen molar-refractivity contribution in [3.63, 3.8) is 0 Å². The molecule has 0 spiro atoms. The number of hydrogen-bond acceptors (Lipinski definition) is 7. The Hall–Kier alpha value is -2.07. The first-order valence-electron chi connectivity index (χ1n) is 7.92. The molecule has 0 saturated heterocycles. The Morgan fingerprint density at radius 3 is 2.52 bits per heavy atom. The third kappa shape index (κ3) is 6.75. The van der Waals surface area contributed by atoms with Gasteiger partial charge < -0.3 is 29.8 Å². The number of methoxy groups -OCH3 is 3. The van der Waals surface area contributed by atoms with Gasteiger partial charge in [-0.1, -0.05) is 0 Å². The molecule has 0 aliphatic rings. The summed E-state index contributed by atoms with van der Waals surface area (Å²) in [4.78, 5) is 28.2. The standard InChI is InChI=1S/C16H25N3O6/c1-23-8-4-6-17-15(20)13-10-14(25-3)12(11-18-13)16(21)19(22)7-5-9-24-2/h10-11,19H,4-9H2,1-3H3,(H,17,20). The summed E-state index contributed by atoms with van der Waals surface area (Å²) < 4.78 is 14.9. The SMILES string of the molecule is COCCCNC(=O)c1cc(OC)c(C(=O)[NH+]([O-])CCCOC)cn1. The normalized spacial score (nSPS) is 11.8. The average Bonchev–Trinajstić information content (AvgIpc) is 2.64. The van der Waals surface area contributed by atoms with Gasteiger partial charge in [-0.05, 0) is 6.42 Å². The number of ether oxygens (including phenoxy) is 3. The first-order chi connectivity index (χ1) is 12.0. The van der Waals surface area contributed by atoms with Crippen molar-refractivity contribution >= 4 is 11.8 Å². The molecule has 0 aliphatic heterocycles. The van der Waals surface area contributed by atoms with Crippen LogP contribution in [-0.2, 0) is 9.47 Å². The Bertz CT molecular complexity index is 567. The van der Waals surface area contributed by atoms with Crippen LogP contribution in [-0.4, -0.2) is 64.4 Å². The first-order valence-corrected chi connectivity index (χ1v) is 7.92. The molecule has 1 aromatic rings. The van der Waals surface area contributed by atoms with Crippen LogP contribution in [0.3, 0.4) is 0 Å². The zero-order chi connectivity index (χ0) is 18.7. The van der Waals surface area contributed by atoms with Crippen molar-refractivity contribution in [2.45, 2.75) is 12.8 Å². The van der Waals surface area contributed by atoms with E-state index < -0.39 is 11.0 Å². The van der Waals surface area contributed by atoms with Gasteiger partial charge in [-0.3, -0.25) is 4.79 Å². The molecule has 1 unspecified atom stereocenters. The number of quaternary nitrogens is 1. The molecule has 1 atom stereocenters. The predicted octanol–water partition coefficient (Wildman–Crippen LogP) is -0.584. The van der Waals surface area contributed by atoms with Gasteiger partial charge in [0.05, 0.1) is 20.3 Å². The molecule has 1 aromatic heterocycles. The van der Waals surface area contributed by atoms with Gasteiger partial charge in [0.1, 0.15) is 17.0 Å². The van der Waals surface area contributed by atoms with E-state index >= 15 is 0 Å². The van der Waals surface area contributed by atoms with Crippen molar-refractivity contribution in [1.82, 2.24) is 10.3 Å². The number of carbonyl (C=O) groups is 2. The number of nitrogens with zero attached hydrogens (tertiary/aromatic N) is 1. The van der Waals surface area contributed by atoms with Crippen LogP contribution >= 0.6 is 0 Å². The first kappa shape index (κ1) is 21.0. The molecule has 0 aliphatic carbocycles. The van der Waals surface area contributed by atoms with Gasteiger partial charge in [0, 0.05) is 46.1 Å². The van der Waals surface area contributed by atoms with Crippen molar-refractivity contribution in [2.24, 2.45) is 0 Å². The molecule has 0 radical (unpaired) electrons. The zero-order valence-electron chi connectivity index (χ0n) is 14.8. The van der Waals surface area contributed by atoms with E-state index in [9.17, 15) is 14.8 Å². The second-order valence-electron chi connectivity index (χ2n) is 5.22. The highest BCUT2D eigenvalue weighted by Gasteiger charge is 2.21. The molecule has 9 heteroatoms. The number of carbonyl (C=O) groups excluding carboxylic acids is 2. The Kier molecular flexibility index (Phi) is 9.63. The van der Waals surface area contributed by atoms with E-state index in [2.05, 4.69) is 10.3 Å². The summed E-state index contributed by atoms with van der Waals surface area (Å²) in [5.41, 5.74) is 0.151. The lowest BCUT2D eigenvalue weighted by atomic mass is 10.2. The maximum absolute atomic E-state index is 12.2. The number of hydroxylamine groups is 2. The third-order valence-electron chi connectivity index (χ3n) is 3.38. The molecule has 0 aromatic carbocycles. The van der Waals surface area contributed by atoms with Crippen LogP contribution in [0.2, 0.25) is 0 Å². The fourth-order valence-corrected chi connectivity index (χ4v) is 2.05. The van der Waals surface area contributed by atoms with Crippen LogP contribution in [0.15, 0.2) is 12.3 Å². The lowest BCUT2D eigenvalue weighted by Gasteiger charge is -2.20. The van der Waals surface area contributed by atoms with Crippen molar-refractivity contribution in [2.75, 3.05) is 47.6 Å². The van der Waals surface area contributed by atoms with Crippen LogP contribution in [0, 0.1) is 5.21 Å². The van der Waals surface area contributed by atoms with Crippen LogP contribution in [0.1, 0.15) is 33.7 Å². The second kappa shape index (κ2) is 11.5. The van der Waals surface area contributed by atoms with Crippen molar-refractivity contribution in [1.29, 1.82) is 0 Å².